The molecule has 1 aliphatic heterocycles. The molecule has 0 amide bonds. The van der Waals surface area contributed by atoms with Crippen LogP contribution in [-0.2, 0) is 15.6 Å². The number of fused-ring (bicyclic) bond motifs is 2. The van der Waals surface area contributed by atoms with Crippen LogP contribution in [0.15, 0.2) is 36.7 Å². The fourth-order valence-corrected chi connectivity index (χ4v) is 5.39. The van der Waals surface area contributed by atoms with E-state index in [0.29, 0.717) is 41.5 Å². The molecule has 0 unspecified atom stereocenters. The van der Waals surface area contributed by atoms with E-state index < -0.39 is 15.7 Å². The number of hydrogen-bond donors (Lipinski definition) is 3. The van der Waals surface area contributed by atoms with E-state index >= 15 is 4.39 Å². The average molecular weight is 543 g/mol. The lowest BCUT2D eigenvalue weighted by Crippen LogP contribution is -2.20. The lowest BCUT2D eigenvalue weighted by molar-refractivity contribution is 0.310. The van der Waals surface area contributed by atoms with Crippen LogP contribution in [0.3, 0.4) is 0 Å². The normalized spacial score (nSPS) is 13.1. The third-order valence-electron chi connectivity index (χ3n) is 6.21. The second-order valence-electron chi connectivity index (χ2n) is 8.62. The third kappa shape index (κ3) is 4.72. The number of sulfone groups is 1. The van der Waals surface area contributed by atoms with Crippen molar-refractivity contribution in [3.63, 3.8) is 0 Å². The van der Waals surface area contributed by atoms with Gasteiger partial charge >= 0.3 is 0 Å². The molecule has 0 saturated carbocycles. The van der Waals surface area contributed by atoms with Crippen molar-refractivity contribution in [2.24, 2.45) is 0 Å². The number of nitrogens with one attached hydrogen (secondary N) is 2. The summed E-state index contributed by atoms with van der Waals surface area (Å²) < 4.78 is 44.8. The molecule has 12 heteroatoms. The van der Waals surface area contributed by atoms with E-state index in [2.05, 4.69) is 25.6 Å². The van der Waals surface area contributed by atoms with Crippen molar-refractivity contribution in [2.75, 3.05) is 35.3 Å². The van der Waals surface area contributed by atoms with E-state index in [1.807, 2.05) is 6.92 Å². The minimum Gasteiger partial charge on any atom is -0.474 e. The van der Waals surface area contributed by atoms with Crippen molar-refractivity contribution in [3.05, 3.63) is 58.6 Å². The van der Waals surface area contributed by atoms with E-state index in [1.165, 1.54) is 12.4 Å². The SMILES string of the molecule is CCS(=O)(=O)Cc1ccc(Nc2ncc3c(N)c(F)c(-c4cnc5c(c4C)NCCO5)c(Cl)c3n2)cc1. The molecule has 5 rings (SSSR count). The van der Waals surface area contributed by atoms with Gasteiger partial charge in [-0.2, -0.15) is 0 Å². The minimum absolute atomic E-state index is 0.0297. The summed E-state index contributed by atoms with van der Waals surface area (Å²) in [5.41, 5.74) is 9.60. The maximum atomic E-state index is 15.5. The summed E-state index contributed by atoms with van der Waals surface area (Å²) in [5, 5.41) is 6.66. The molecule has 192 valence electrons. The van der Waals surface area contributed by atoms with E-state index in [-0.39, 0.29) is 44.6 Å². The van der Waals surface area contributed by atoms with Crippen LogP contribution in [-0.4, -0.2) is 42.3 Å². The van der Waals surface area contributed by atoms with Gasteiger partial charge in [0, 0.05) is 46.9 Å². The van der Waals surface area contributed by atoms with Crippen LogP contribution in [0.1, 0.15) is 18.1 Å². The molecule has 0 bridgehead atoms. The first-order valence-electron chi connectivity index (χ1n) is 11.5. The molecule has 0 spiro atoms. The summed E-state index contributed by atoms with van der Waals surface area (Å²) >= 11 is 6.73. The highest BCUT2D eigenvalue weighted by atomic mass is 35.5. The third-order valence-corrected chi connectivity index (χ3v) is 8.24. The molecule has 3 heterocycles. The van der Waals surface area contributed by atoms with Crippen molar-refractivity contribution in [2.45, 2.75) is 19.6 Å². The van der Waals surface area contributed by atoms with Crippen molar-refractivity contribution in [1.29, 1.82) is 0 Å². The summed E-state index contributed by atoms with van der Waals surface area (Å²) in [5.74, 6) is 0.0370. The van der Waals surface area contributed by atoms with Gasteiger partial charge in [0.2, 0.25) is 11.8 Å². The number of nitrogens with zero attached hydrogens (tertiary/aromatic N) is 3. The molecule has 37 heavy (non-hydrogen) atoms. The Balaban J connectivity index is 1.53. The van der Waals surface area contributed by atoms with Gasteiger partial charge in [-0.25, -0.2) is 27.8 Å². The summed E-state index contributed by atoms with van der Waals surface area (Å²) in [6.45, 7) is 4.54. The van der Waals surface area contributed by atoms with Crippen molar-refractivity contribution in [1.82, 2.24) is 15.0 Å². The van der Waals surface area contributed by atoms with Crippen LogP contribution >= 0.6 is 11.6 Å². The minimum atomic E-state index is -3.13. The predicted octanol–water partition coefficient (Wildman–Crippen LogP) is 4.86. The molecule has 4 N–H and O–H groups in total. The number of halogens is 2. The summed E-state index contributed by atoms with van der Waals surface area (Å²) in [6.07, 6.45) is 2.92. The van der Waals surface area contributed by atoms with Gasteiger partial charge < -0.3 is 21.1 Å². The van der Waals surface area contributed by atoms with Crippen molar-refractivity contribution in [3.8, 4) is 17.0 Å². The quantitative estimate of drug-likeness (QED) is 0.292. The first kappa shape index (κ1) is 25.0. The molecule has 0 radical (unpaired) electrons. The molecule has 1 aliphatic rings. The zero-order chi connectivity index (χ0) is 26.3. The lowest BCUT2D eigenvalue weighted by atomic mass is 9.98. The number of ether oxygens (including phenoxy) is 1. The van der Waals surface area contributed by atoms with Crippen LogP contribution in [0.2, 0.25) is 5.02 Å². The molecule has 0 fully saturated rings. The highest BCUT2D eigenvalue weighted by Crippen LogP contribution is 2.44. The summed E-state index contributed by atoms with van der Waals surface area (Å²) in [7, 11) is -3.13. The number of aromatic nitrogens is 3. The maximum Gasteiger partial charge on any atom is 0.237 e. The van der Waals surface area contributed by atoms with Crippen LogP contribution in [0, 0.1) is 12.7 Å². The molecule has 0 aliphatic carbocycles. The van der Waals surface area contributed by atoms with E-state index in [4.69, 9.17) is 22.1 Å². The zero-order valence-corrected chi connectivity index (χ0v) is 21.7. The van der Waals surface area contributed by atoms with Gasteiger partial charge in [0.25, 0.3) is 0 Å². The molecular weight excluding hydrogens is 519 g/mol. The summed E-state index contributed by atoms with van der Waals surface area (Å²) in [4.78, 5) is 13.1. The standard InChI is InChI=1S/C25H24ClFN6O3S/c1-3-37(34,35)12-14-4-6-15(7-5-14)32-25-31-11-17-21(28)20(27)18(19(26)23(17)33-25)16-10-30-24-22(13(16)2)29-8-9-36-24/h4-7,10-11,29H,3,8-9,12,28H2,1-2H3,(H,31,32,33). The topological polar surface area (TPSA) is 132 Å². The number of anilines is 4. The molecule has 0 saturated heterocycles. The number of pyridine rings is 1. The van der Waals surface area contributed by atoms with Crippen LogP contribution in [0.5, 0.6) is 5.88 Å². The van der Waals surface area contributed by atoms with Crippen molar-refractivity contribution >= 4 is 55.4 Å². The van der Waals surface area contributed by atoms with Gasteiger partial charge in [-0.1, -0.05) is 30.7 Å². The molecule has 2 aromatic carbocycles. The Morgan fingerprint density at radius 2 is 1.97 bits per heavy atom. The highest BCUT2D eigenvalue weighted by molar-refractivity contribution is 7.90. The Labute approximate surface area is 218 Å². The molecule has 2 aromatic heterocycles. The Bertz CT molecular complexity index is 1630. The first-order chi connectivity index (χ1) is 17.7. The van der Waals surface area contributed by atoms with Gasteiger partial charge in [0.05, 0.1) is 22.0 Å². The molecule has 0 atom stereocenters. The second-order valence-corrected chi connectivity index (χ2v) is 11.4. The predicted molar refractivity (Wildman–Crippen MR) is 144 cm³/mol. The van der Waals surface area contributed by atoms with Crippen LogP contribution in [0.4, 0.5) is 27.4 Å². The van der Waals surface area contributed by atoms with Gasteiger partial charge in [0.15, 0.2) is 15.7 Å². The van der Waals surface area contributed by atoms with Gasteiger partial charge in [-0.3, -0.25) is 0 Å². The lowest BCUT2D eigenvalue weighted by Gasteiger charge is -2.22. The fourth-order valence-electron chi connectivity index (χ4n) is 4.15. The Kier molecular flexibility index (Phi) is 6.50. The van der Waals surface area contributed by atoms with E-state index in [9.17, 15) is 8.42 Å². The number of benzene rings is 2. The largest absolute Gasteiger partial charge is 0.474 e. The smallest absolute Gasteiger partial charge is 0.237 e. The van der Waals surface area contributed by atoms with Crippen LogP contribution < -0.4 is 21.1 Å². The van der Waals surface area contributed by atoms with Gasteiger partial charge in [0.1, 0.15) is 12.3 Å². The Morgan fingerprint density at radius 1 is 1.22 bits per heavy atom. The number of hydrogen-bond acceptors (Lipinski definition) is 9. The number of rotatable bonds is 6. The maximum absolute atomic E-state index is 15.5. The second kappa shape index (κ2) is 9.64. The number of nitrogen functional groups attached to an aromatic ring is 1. The number of nitrogens with two attached hydrogens (primary N) is 1. The van der Waals surface area contributed by atoms with E-state index in [0.717, 1.165) is 5.56 Å². The van der Waals surface area contributed by atoms with Crippen molar-refractivity contribution < 1.29 is 17.5 Å². The van der Waals surface area contributed by atoms with E-state index in [1.54, 1.807) is 31.2 Å². The van der Waals surface area contributed by atoms with Gasteiger partial charge in [-0.15, -0.1) is 0 Å². The molecule has 4 aromatic rings. The highest BCUT2D eigenvalue weighted by Gasteiger charge is 2.25. The Morgan fingerprint density at radius 3 is 2.70 bits per heavy atom. The van der Waals surface area contributed by atoms with Gasteiger partial charge in [-0.05, 0) is 30.2 Å². The Hall–Kier alpha value is -3.70. The zero-order valence-electron chi connectivity index (χ0n) is 20.1. The average Bonchev–Trinajstić information content (AvgIpc) is 2.90. The molecular formula is C25H24ClFN6O3S. The fraction of sp³-hybridized carbons (Fsp3) is 0.240. The monoisotopic (exact) mass is 542 g/mol. The summed E-state index contributed by atoms with van der Waals surface area (Å²) in [6, 6.07) is 6.91. The molecule has 9 nitrogen and oxygen atoms in total. The first-order valence-corrected chi connectivity index (χ1v) is 13.7. The van der Waals surface area contributed by atoms with Crippen LogP contribution in [0.25, 0.3) is 22.0 Å².